The van der Waals surface area contributed by atoms with Crippen molar-refractivity contribution < 1.29 is 17.6 Å². The summed E-state index contributed by atoms with van der Waals surface area (Å²) in [6.45, 7) is -1.31. The highest BCUT2D eigenvalue weighted by Crippen LogP contribution is 2.22. The molecule has 1 heterocycles. The lowest BCUT2D eigenvalue weighted by atomic mass is 10.3. The molecular weight excluding hydrogens is 294 g/mol. The van der Waals surface area contributed by atoms with Crippen LogP contribution in [0.15, 0.2) is 16.7 Å². The minimum absolute atomic E-state index is 0.181. The molecule has 88 valence electrons. The standard InChI is InChI=1S/C8H6BrF4N3/c9-4-1-5(16-3-8(11,12)13)6(7(10)14)15-2-4/h1-2,14,16H,3H2. The number of hydrogen-bond donors (Lipinski definition) is 2. The van der Waals surface area contributed by atoms with Gasteiger partial charge in [0.05, 0.1) is 5.69 Å². The Morgan fingerprint density at radius 1 is 1.50 bits per heavy atom. The number of aromatic nitrogens is 1. The molecule has 8 heteroatoms. The largest absolute Gasteiger partial charge is 0.405 e. The molecule has 2 N–H and O–H groups in total. The fourth-order valence-electron chi connectivity index (χ4n) is 0.944. The summed E-state index contributed by atoms with van der Waals surface area (Å²) in [6, 6.07) is 1.22. The van der Waals surface area contributed by atoms with E-state index in [0.29, 0.717) is 4.47 Å². The molecule has 0 radical (unpaired) electrons. The van der Waals surface area contributed by atoms with Crippen molar-refractivity contribution in [3.8, 4) is 0 Å². The van der Waals surface area contributed by atoms with Gasteiger partial charge < -0.3 is 5.32 Å². The first-order valence-corrected chi connectivity index (χ1v) is 4.79. The van der Waals surface area contributed by atoms with Crippen LogP contribution in [-0.4, -0.2) is 23.7 Å². The fraction of sp³-hybridized carbons (Fsp3) is 0.250. The number of alkyl halides is 3. The van der Waals surface area contributed by atoms with Crippen LogP contribution in [0.5, 0.6) is 0 Å². The van der Waals surface area contributed by atoms with E-state index in [1.165, 1.54) is 12.3 Å². The molecule has 3 nitrogen and oxygen atoms in total. The first-order chi connectivity index (χ1) is 7.29. The maximum absolute atomic E-state index is 12.6. The van der Waals surface area contributed by atoms with Crippen LogP contribution < -0.4 is 5.32 Å². The second-order valence-corrected chi connectivity index (χ2v) is 3.75. The van der Waals surface area contributed by atoms with E-state index in [1.54, 1.807) is 0 Å². The Hall–Kier alpha value is -1.18. The molecule has 0 saturated carbocycles. The topological polar surface area (TPSA) is 48.8 Å². The zero-order chi connectivity index (χ0) is 12.3. The van der Waals surface area contributed by atoms with Gasteiger partial charge in [-0.2, -0.15) is 17.6 Å². The van der Waals surface area contributed by atoms with E-state index in [0.717, 1.165) is 0 Å². The summed E-state index contributed by atoms with van der Waals surface area (Å²) < 4.78 is 48.8. The quantitative estimate of drug-likeness (QED) is 0.665. The van der Waals surface area contributed by atoms with E-state index in [4.69, 9.17) is 5.41 Å². The number of nitrogens with one attached hydrogen (secondary N) is 2. The average molecular weight is 300 g/mol. The third-order valence-electron chi connectivity index (χ3n) is 1.54. The smallest absolute Gasteiger partial charge is 0.375 e. The van der Waals surface area contributed by atoms with Gasteiger partial charge >= 0.3 is 6.18 Å². The molecule has 1 aromatic heterocycles. The monoisotopic (exact) mass is 299 g/mol. The summed E-state index contributed by atoms with van der Waals surface area (Å²) in [4.78, 5) is 3.50. The van der Waals surface area contributed by atoms with Gasteiger partial charge in [-0.15, -0.1) is 0 Å². The van der Waals surface area contributed by atoms with Gasteiger partial charge in [0.2, 0.25) is 5.97 Å². The van der Waals surface area contributed by atoms with Crippen LogP contribution >= 0.6 is 15.9 Å². The van der Waals surface area contributed by atoms with E-state index in [1.807, 2.05) is 5.32 Å². The molecule has 0 aliphatic heterocycles. The molecule has 16 heavy (non-hydrogen) atoms. The molecule has 1 aromatic rings. The molecule has 0 unspecified atom stereocenters. The van der Waals surface area contributed by atoms with Gasteiger partial charge in [-0.05, 0) is 22.0 Å². The Balaban J connectivity index is 2.93. The fourth-order valence-corrected chi connectivity index (χ4v) is 1.28. The molecule has 0 spiro atoms. The summed E-state index contributed by atoms with van der Waals surface area (Å²) in [6.07, 6.45) is -3.22. The van der Waals surface area contributed by atoms with Gasteiger partial charge in [-0.1, -0.05) is 0 Å². The Labute approximate surface area is 96.5 Å². The average Bonchev–Trinajstić information content (AvgIpc) is 2.13. The van der Waals surface area contributed by atoms with Gasteiger partial charge in [0.15, 0.2) is 0 Å². The number of hydrogen-bond acceptors (Lipinski definition) is 3. The third-order valence-corrected chi connectivity index (χ3v) is 1.98. The highest BCUT2D eigenvalue weighted by molar-refractivity contribution is 9.10. The molecule has 0 aliphatic carbocycles. The summed E-state index contributed by atoms with van der Waals surface area (Å²) in [5, 5.41) is 8.69. The van der Waals surface area contributed by atoms with Gasteiger partial charge in [0.1, 0.15) is 12.2 Å². The van der Waals surface area contributed by atoms with Gasteiger partial charge in [-0.25, -0.2) is 4.98 Å². The van der Waals surface area contributed by atoms with Crippen molar-refractivity contribution in [2.24, 2.45) is 0 Å². The highest BCUT2D eigenvalue weighted by Gasteiger charge is 2.27. The van der Waals surface area contributed by atoms with Crippen LogP contribution in [0.3, 0.4) is 0 Å². The number of nitrogens with zero attached hydrogens (tertiary/aromatic N) is 1. The Morgan fingerprint density at radius 2 is 2.12 bits per heavy atom. The molecule has 0 bridgehead atoms. The number of pyridine rings is 1. The van der Waals surface area contributed by atoms with Gasteiger partial charge in [-0.3, -0.25) is 5.41 Å². The minimum atomic E-state index is -4.42. The van der Waals surface area contributed by atoms with Gasteiger partial charge in [0, 0.05) is 10.7 Å². The lowest BCUT2D eigenvalue weighted by Gasteiger charge is -2.11. The predicted octanol–water partition coefficient (Wildman–Crippen LogP) is 3.11. The Kier molecular flexibility index (Phi) is 3.84. The summed E-state index contributed by atoms with van der Waals surface area (Å²) in [7, 11) is 0. The van der Waals surface area contributed by atoms with Crippen molar-refractivity contribution >= 4 is 27.6 Å². The van der Waals surface area contributed by atoms with Crippen molar-refractivity contribution in [3.05, 3.63) is 22.4 Å². The summed E-state index contributed by atoms with van der Waals surface area (Å²) in [5.41, 5.74) is -0.633. The van der Waals surface area contributed by atoms with Crippen LogP contribution in [0.2, 0.25) is 0 Å². The maximum atomic E-state index is 12.6. The summed E-state index contributed by atoms with van der Waals surface area (Å²) in [5.74, 6) is -1.39. The van der Waals surface area contributed by atoms with Crippen molar-refractivity contribution in [2.45, 2.75) is 6.18 Å². The Bertz CT molecular complexity index is 405. The second kappa shape index (κ2) is 4.77. The number of anilines is 1. The van der Waals surface area contributed by atoms with E-state index in [-0.39, 0.29) is 5.69 Å². The molecule has 1 rings (SSSR count). The molecule has 0 amide bonds. The molecule has 0 aliphatic rings. The number of rotatable bonds is 3. The normalized spacial score (nSPS) is 11.3. The lowest BCUT2D eigenvalue weighted by molar-refractivity contribution is -0.115. The number of halogens is 5. The van der Waals surface area contributed by atoms with E-state index in [9.17, 15) is 17.6 Å². The maximum Gasteiger partial charge on any atom is 0.405 e. The van der Waals surface area contributed by atoms with Crippen LogP contribution in [-0.2, 0) is 0 Å². The van der Waals surface area contributed by atoms with E-state index < -0.39 is 24.4 Å². The first kappa shape index (κ1) is 12.9. The van der Waals surface area contributed by atoms with Crippen molar-refractivity contribution in [1.29, 1.82) is 5.41 Å². The van der Waals surface area contributed by atoms with Crippen LogP contribution in [0.25, 0.3) is 0 Å². The van der Waals surface area contributed by atoms with Crippen molar-refractivity contribution in [1.82, 2.24) is 4.98 Å². The predicted molar refractivity (Wildman–Crippen MR) is 54.4 cm³/mol. The van der Waals surface area contributed by atoms with Crippen LogP contribution in [0, 0.1) is 5.41 Å². The highest BCUT2D eigenvalue weighted by atomic mass is 79.9. The van der Waals surface area contributed by atoms with Crippen molar-refractivity contribution in [3.63, 3.8) is 0 Å². The van der Waals surface area contributed by atoms with Crippen LogP contribution in [0.4, 0.5) is 23.2 Å². The first-order valence-electron chi connectivity index (χ1n) is 4.00. The molecular formula is C8H6BrF4N3. The third kappa shape index (κ3) is 3.76. The molecule has 0 fully saturated rings. The molecule has 0 saturated heterocycles. The minimum Gasteiger partial charge on any atom is -0.375 e. The zero-order valence-corrected chi connectivity index (χ0v) is 9.28. The van der Waals surface area contributed by atoms with Crippen molar-refractivity contribution in [2.75, 3.05) is 11.9 Å². The summed E-state index contributed by atoms with van der Waals surface area (Å²) >= 11 is 2.99. The SMILES string of the molecule is N=C(F)c1ncc(Br)cc1NCC(F)(F)F. The lowest BCUT2D eigenvalue weighted by Crippen LogP contribution is -2.22. The van der Waals surface area contributed by atoms with Crippen LogP contribution in [0.1, 0.15) is 5.69 Å². The van der Waals surface area contributed by atoms with E-state index in [2.05, 4.69) is 20.9 Å². The van der Waals surface area contributed by atoms with Gasteiger partial charge in [0.25, 0.3) is 0 Å². The Morgan fingerprint density at radius 3 is 2.62 bits per heavy atom. The van der Waals surface area contributed by atoms with E-state index >= 15 is 0 Å². The zero-order valence-electron chi connectivity index (χ0n) is 7.70. The molecule has 0 atom stereocenters. The molecule has 0 aromatic carbocycles. The second-order valence-electron chi connectivity index (χ2n) is 2.83.